The fraction of sp³-hybridized carbons (Fsp3) is 0.489. The third kappa shape index (κ3) is 9.55. The van der Waals surface area contributed by atoms with Crippen LogP contribution in [0.3, 0.4) is 0 Å². The number of thiophene rings is 1. The molecular weight excluding hydrogens is 825 g/mol. The minimum Gasteiger partial charge on any atom is -0.512 e. The van der Waals surface area contributed by atoms with Crippen LogP contribution in [-0.4, -0.2) is 20.9 Å². The second kappa shape index (κ2) is 17.3. The summed E-state index contributed by atoms with van der Waals surface area (Å²) in [7, 11) is 0. The maximum absolute atomic E-state index is 12.3. The Balaban J connectivity index is 0.000000255. The van der Waals surface area contributed by atoms with Crippen LogP contribution in [0.4, 0.5) is 0 Å². The smallest absolute Gasteiger partial charge is 0.162 e. The first-order chi connectivity index (χ1) is 23.7. The van der Waals surface area contributed by atoms with Crippen molar-refractivity contribution in [3.05, 3.63) is 84.4 Å². The van der Waals surface area contributed by atoms with Gasteiger partial charge in [0.1, 0.15) is 6.33 Å². The SMILES string of the molecule is CC(C)C(C(=O)/C=C(\O)C(C(C)C)C(C)C)C(C)C.CC1(C)CCC(c2ccc3c(c2)sc2c(-c4[c-]c5ccccc5cc4)ncnc23)CC1.[Ir]. The van der Waals surface area contributed by atoms with Crippen LogP contribution in [0.15, 0.2) is 72.8 Å². The number of hydrogen-bond acceptors (Lipinski definition) is 5. The first kappa shape index (κ1) is 40.8. The second-order valence-electron chi connectivity index (χ2n) is 16.7. The standard InChI is InChI=1S/C28H25N2S.C17H32O2.Ir/c1-28(2)13-11-19(12-14-28)21-9-10-23-24(16-21)31-27-25(29-17-30-26(23)27)22-8-7-18-5-3-4-6-20(18)15-22;1-10(2)16(11(3)4)14(18)9-15(19)17(12(5)6)13(7)8;/h3-10,16-17,19H,11-14H2,1-2H3;9-13,16-18H,1-8H3;/q-1;;/b;14-9-;. The Morgan fingerprint density at radius 3 is 2.12 bits per heavy atom. The van der Waals surface area contributed by atoms with Gasteiger partial charge in [0, 0.05) is 58.5 Å². The van der Waals surface area contributed by atoms with Crippen LogP contribution in [0.1, 0.15) is 106 Å². The Bertz CT molecular complexity index is 1950. The molecule has 1 aliphatic rings. The van der Waals surface area contributed by atoms with E-state index in [0.717, 1.165) is 26.9 Å². The molecule has 5 aromatic rings. The molecule has 6 rings (SSSR count). The van der Waals surface area contributed by atoms with Crippen molar-refractivity contribution in [3.8, 4) is 11.3 Å². The van der Waals surface area contributed by atoms with Gasteiger partial charge in [-0.15, -0.1) is 41.0 Å². The van der Waals surface area contributed by atoms with Crippen LogP contribution in [-0.2, 0) is 24.9 Å². The molecule has 0 bridgehead atoms. The van der Waals surface area contributed by atoms with Crippen LogP contribution >= 0.6 is 11.3 Å². The van der Waals surface area contributed by atoms with Gasteiger partial charge < -0.3 is 5.11 Å². The molecule has 0 amide bonds. The van der Waals surface area contributed by atoms with E-state index in [1.54, 1.807) is 6.33 Å². The van der Waals surface area contributed by atoms with E-state index in [9.17, 15) is 9.90 Å². The van der Waals surface area contributed by atoms with E-state index in [1.165, 1.54) is 52.8 Å². The summed E-state index contributed by atoms with van der Waals surface area (Å²) >= 11 is 1.82. The number of rotatable bonds is 9. The van der Waals surface area contributed by atoms with Crippen LogP contribution in [0.2, 0.25) is 0 Å². The molecule has 0 aliphatic heterocycles. The number of aliphatic hydroxyl groups is 1. The van der Waals surface area contributed by atoms with E-state index in [1.807, 2.05) is 11.3 Å². The van der Waals surface area contributed by atoms with Gasteiger partial charge >= 0.3 is 0 Å². The number of nitrogens with zero attached hydrogens (tertiary/aromatic N) is 2. The molecule has 6 heteroatoms. The third-order valence-corrected chi connectivity index (χ3v) is 12.0. The zero-order valence-electron chi connectivity index (χ0n) is 32.2. The Labute approximate surface area is 323 Å². The number of aliphatic hydroxyl groups excluding tert-OH is 1. The van der Waals surface area contributed by atoms with Gasteiger partial charge in [-0.05, 0) is 72.3 Å². The quantitative estimate of drug-likeness (QED) is 0.0910. The van der Waals surface area contributed by atoms with Crippen molar-refractivity contribution >= 4 is 48.2 Å². The van der Waals surface area contributed by atoms with Gasteiger partial charge in [-0.3, -0.25) is 9.78 Å². The van der Waals surface area contributed by atoms with Gasteiger partial charge in [0.15, 0.2) is 5.78 Å². The molecule has 1 N–H and O–H groups in total. The van der Waals surface area contributed by atoms with Gasteiger partial charge in [-0.25, -0.2) is 4.98 Å². The van der Waals surface area contributed by atoms with Crippen molar-refractivity contribution in [1.82, 2.24) is 9.97 Å². The number of carbonyl (C=O) groups excluding carboxylic acids is 1. The average Bonchev–Trinajstić information content (AvgIpc) is 3.42. The van der Waals surface area contributed by atoms with E-state index in [4.69, 9.17) is 0 Å². The molecule has 4 nitrogen and oxygen atoms in total. The van der Waals surface area contributed by atoms with Gasteiger partial charge in [-0.1, -0.05) is 111 Å². The summed E-state index contributed by atoms with van der Waals surface area (Å²) in [5, 5.41) is 13.8. The van der Waals surface area contributed by atoms with Crippen molar-refractivity contribution in [2.75, 3.05) is 0 Å². The van der Waals surface area contributed by atoms with Crippen molar-refractivity contribution in [2.24, 2.45) is 40.9 Å². The Morgan fingerprint density at radius 1 is 0.863 bits per heavy atom. The Kier molecular flexibility index (Phi) is 13.8. The molecule has 2 heterocycles. The average molecular weight is 882 g/mol. The first-order valence-corrected chi connectivity index (χ1v) is 19.5. The minimum absolute atomic E-state index is 0. The van der Waals surface area contributed by atoms with Gasteiger partial charge in [0.2, 0.25) is 0 Å². The molecule has 1 saturated carbocycles. The molecule has 1 aliphatic carbocycles. The van der Waals surface area contributed by atoms with E-state index in [0.29, 0.717) is 35.0 Å². The van der Waals surface area contributed by atoms with Gasteiger partial charge in [0.25, 0.3) is 0 Å². The summed E-state index contributed by atoms with van der Waals surface area (Å²) in [5.74, 6) is 2.31. The van der Waals surface area contributed by atoms with Crippen molar-refractivity contribution < 1.29 is 30.0 Å². The number of hydrogen-bond donors (Lipinski definition) is 1. The second-order valence-corrected chi connectivity index (χ2v) is 17.7. The minimum atomic E-state index is -0.0119. The van der Waals surface area contributed by atoms with Gasteiger partial charge in [-0.2, -0.15) is 0 Å². The van der Waals surface area contributed by atoms with Crippen molar-refractivity contribution in [1.29, 1.82) is 0 Å². The molecule has 2 aromatic heterocycles. The molecule has 275 valence electrons. The Morgan fingerprint density at radius 2 is 1.49 bits per heavy atom. The largest absolute Gasteiger partial charge is 0.512 e. The summed E-state index contributed by atoms with van der Waals surface area (Å²) in [5.41, 5.74) is 5.06. The van der Waals surface area contributed by atoms with E-state index >= 15 is 0 Å². The molecule has 1 fully saturated rings. The van der Waals surface area contributed by atoms with Crippen LogP contribution in [0.25, 0.3) is 42.3 Å². The molecule has 0 saturated heterocycles. The number of allylic oxidation sites excluding steroid dienone is 2. The van der Waals surface area contributed by atoms with Crippen molar-refractivity contribution in [2.45, 2.75) is 101 Å². The third-order valence-electron chi connectivity index (χ3n) is 10.8. The number of aromatic nitrogens is 2. The fourth-order valence-electron chi connectivity index (χ4n) is 8.24. The molecular formula is C45H57IrN2O2S-. The number of benzene rings is 3. The molecule has 3 aromatic carbocycles. The molecule has 0 spiro atoms. The number of ketones is 1. The van der Waals surface area contributed by atoms with Crippen molar-refractivity contribution in [3.63, 3.8) is 0 Å². The number of carbonyl (C=O) groups is 1. The summed E-state index contributed by atoms with van der Waals surface area (Å²) in [4.78, 5) is 21.7. The molecule has 51 heavy (non-hydrogen) atoms. The van der Waals surface area contributed by atoms with Crippen LogP contribution < -0.4 is 0 Å². The summed E-state index contributed by atoms with van der Waals surface area (Å²) in [6, 6.07) is 23.2. The Hall–Kier alpha value is -2.92. The maximum atomic E-state index is 12.3. The van der Waals surface area contributed by atoms with Crippen LogP contribution in [0.5, 0.6) is 0 Å². The normalized spacial score (nSPS) is 15.4. The monoisotopic (exact) mass is 882 g/mol. The summed E-state index contributed by atoms with van der Waals surface area (Å²) in [6.45, 7) is 21.4. The zero-order valence-corrected chi connectivity index (χ0v) is 35.4. The van der Waals surface area contributed by atoms with E-state index in [-0.39, 0.29) is 43.5 Å². The topological polar surface area (TPSA) is 63.1 Å². The molecule has 1 radical (unpaired) electrons. The zero-order chi connectivity index (χ0) is 36.3. The predicted octanol–water partition coefficient (Wildman–Crippen LogP) is 13.0. The molecule has 0 atom stereocenters. The number of fused-ring (bicyclic) bond motifs is 4. The maximum Gasteiger partial charge on any atom is 0.162 e. The van der Waals surface area contributed by atoms with Gasteiger partial charge in [0.05, 0.1) is 11.3 Å². The summed E-state index contributed by atoms with van der Waals surface area (Å²) < 4.78 is 2.48. The van der Waals surface area contributed by atoms with E-state index in [2.05, 4.69) is 140 Å². The predicted molar refractivity (Wildman–Crippen MR) is 214 cm³/mol. The summed E-state index contributed by atoms with van der Waals surface area (Å²) in [6.07, 6.45) is 8.39. The molecule has 0 unspecified atom stereocenters. The van der Waals surface area contributed by atoms with Crippen LogP contribution in [0, 0.1) is 47.0 Å². The van der Waals surface area contributed by atoms with E-state index < -0.39 is 0 Å². The first-order valence-electron chi connectivity index (χ1n) is 18.7. The fourth-order valence-corrected chi connectivity index (χ4v) is 9.45.